The standard InChI is InChI=1S/C14H24N4O/c1-17-10-9-16-13(17)11-18(2)14(19)7-6-12-5-3-4-8-15-12/h9-10,12,15H,3-8,11H2,1-2H3. The number of aryl methyl sites for hydroxylation is 1. The van der Waals surface area contributed by atoms with Crippen molar-refractivity contribution in [1.29, 1.82) is 0 Å². The van der Waals surface area contributed by atoms with Crippen molar-refractivity contribution in [2.45, 2.75) is 44.7 Å². The Morgan fingerprint density at radius 3 is 3.05 bits per heavy atom. The summed E-state index contributed by atoms with van der Waals surface area (Å²) in [5.41, 5.74) is 0. The zero-order chi connectivity index (χ0) is 13.7. The average molecular weight is 264 g/mol. The zero-order valence-electron chi connectivity index (χ0n) is 11.9. The van der Waals surface area contributed by atoms with E-state index in [2.05, 4.69) is 10.3 Å². The molecule has 2 rings (SSSR count). The Hall–Kier alpha value is -1.36. The molecule has 0 saturated carbocycles. The van der Waals surface area contributed by atoms with E-state index in [4.69, 9.17) is 0 Å². The summed E-state index contributed by atoms with van der Waals surface area (Å²) in [4.78, 5) is 18.1. The topological polar surface area (TPSA) is 50.2 Å². The van der Waals surface area contributed by atoms with Crippen LogP contribution in [0.5, 0.6) is 0 Å². The monoisotopic (exact) mass is 264 g/mol. The number of hydrogen-bond acceptors (Lipinski definition) is 3. The highest BCUT2D eigenvalue weighted by molar-refractivity contribution is 5.75. The van der Waals surface area contributed by atoms with E-state index in [1.54, 1.807) is 11.1 Å². The van der Waals surface area contributed by atoms with Gasteiger partial charge in [-0.15, -0.1) is 0 Å². The van der Waals surface area contributed by atoms with Gasteiger partial charge in [-0.2, -0.15) is 0 Å². The van der Waals surface area contributed by atoms with Gasteiger partial charge in [0, 0.05) is 39.0 Å². The minimum Gasteiger partial charge on any atom is -0.338 e. The predicted molar refractivity (Wildman–Crippen MR) is 74.6 cm³/mol. The van der Waals surface area contributed by atoms with E-state index in [1.165, 1.54) is 19.3 Å². The molecule has 1 saturated heterocycles. The van der Waals surface area contributed by atoms with Gasteiger partial charge in [-0.25, -0.2) is 4.98 Å². The molecular weight excluding hydrogens is 240 g/mol. The van der Waals surface area contributed by atoms with Crippen LogP contribution in [-0.2, 0) is 18.4 Å². The van der Waals surface area contributed by atoms with E-state index in [-0.39, 0.29) is 5.91 Å². The number of imidazole rings is 1. The third kappa shape index (κ3) is 4.06. The molecule has 1 aliphatic heterocycles. The molecule has 1 aliphatic rings. The molecule has 1 fully saturated rings. The number of piperidine rings is 1. The lowest BCUT2D eigenvalue weighted by Gasteiger charge is -2.24. The normalized spacial score (nSPS) is 19.4. The van der Waals surface area contributed by atoms with Gasteiger partial charge in [-0.1, -0.05) is 6.42 Å². The van der Waals surface area contributed by atoms with E-state index < -0.39 is 0 Å². The molecule has 19 heavy (non-hydrogen) atoms. The average Bonchev–Trinajstić information content (AvgIpc) is 2.82. The molecule has 5 nitrogen and oxygen atoms in total. The zero-order valence-corrected chi connectivity index (χ0v) is 11.9. The van der Waals surface area contributed by atoms with Gasteiger partial charge in [0.2, 0.25) is 5.91 Å². The minimum atomic E-state index is 0.204. The van der Waals surface area contributed by atoms with Crippen molar-refractivity contribution >= 4 is 5.91 Å². The fourth-order valence-electron chi connectivity index (χ4n) is 2.51. The van der Waals surface area contributed by atoms with Crippen molar-refractivity contribution in [2.75, 3.05) is 13.6 Å². The number of nitrogens with zero attached hydrogens (tertiary/aromatic N) is 3. The van der Waals surface area contributed by atoms with E-state index in [1.807, 2.05) is 24.9 Å². The Labute approximate surface area is 115 Å². The first-order chi connectivity index (χ1) is 9.16. The van der Waals surface area contributed by atoms with Crippen LogP contribution >= 0.6 is 0 Å². The quantitative estimate of drug-likeness (QED) is 0.872. The first-order valence-electron chi connectivity index (χ1n) is 7.10. The lowest BCUT2D eigenvalue weighted by molar-refractivity contribution is -0.130. The number of aromatic nitrogens is 2. The molecule has 1 N–H and O–H groups in total. The summed E-state index contributed by atoms with van der Waals surface area (Å²) in [6, 6.07) is 0.527. The molecule has 5 heteroatoms. The van der Waals surface area contributed by atoms with Gasteiger partial charge in [0.05, 0.1) is 6.54 Å². The highest BCUT2D eigenvalue weighted by atomic mass is 16.2. The van der Waals surface area contributed by atoms with Crippen molar-refractivity contribution in [3.63, 3.8) is 0 Å². The second-order valence-corrected chi connectivity index (χ2v) is 5.39. The third-order valence-corrected chi connectivity index (χ3v) is 3.84. The number of nitrogens with one attached hydrogen (secondary N) is 1. The molecule has 0 radical (unpaired) electrons. The van der Waals surface area contributed by atoms with Crippen molar-refractivity contribution < 1.29 is 4.79 Å². The Morgan fingerprint density at radius 2 is 2.42 bits per heavy atom. The number of hydrogen-bond donors (Lipinski definition) is 1. The largest absolute Gasteiger partial charge is 0.338 e. The van der Waals surface area contributed by atoms with Crippen molar-refractivity contribution in [1.82, 2.24) is 19.8 Å². The van der Waals surface area contributed by atoms with Gasteiger partial charge >= 0.3 is 0 Å². The Balaban J connectivity index is 1.74. The van der Waals surface area contributed by atoms with Gasteiger partial charge in [0.15, 0.2) is 0 Å². The molecule has 1 aromatic heterocycles. The number of rotatable bonds is 5. The molecule has 0 aliphatic carbocycles. The van der Waals surface area contributed by atoms with Gasteiger partial charge < -0.3 is 14.8 Å². The van der Waals surface area contributed by atoms with Crippen LogP contribution in [0.1, 0.15) is 37.9 Å². The van der Waals surface area contributed by atoms with Crippen LogP contribution in [0.15, 0.2) is 12.4 Å². The Bertz CT molecular complexity index is 409. The SMILES string of the molecule is CN(Cc1nccn1C)C(=O)CCC1CCCCN1. The smallest absolute Gasteiger partial charge is 0.222 e. The maximum Gasteiger partial charge on any atom is 0.222 e. The van der Waals surface area contributed by atoms with Crippen LogP contribution < -0.4 is 5.32 Å². The Morgan fingerprint density at radius 1 is 1.58 bits per heavy atom. The molecule has 106 valence electrons. The molecule has 1 unspecified atom stereocenters. The number of amides is 1. The van der Waals surface area contributed by atoms with E-state index in [9.17, 15) is 4.79 Å². The fourth-order valence-corrected chi connectivity index (χ4v) is 2.51. The maximum absolute atomic E-state index is 12.1. The summed E-state index contributed by atoms with van der Waals surface area (Å²) in [5.74, 6) is 1.13. The molecule has 0 bridgehead atoms. The summed E-state index contributed by atoms with van der Waals surface area (Å²) in [6.45, 7) is 1.68. The summed E-state index contributed by atoms with van der Waals surface area (Å²) in [7, 11) is 3.80. The van der Waals surface area contributed by atoms with Crippen LogP contribution in [0.4, 0.5) is 0 Å². The van der Waals surface area contributed by atoms with Crippen LogP contribution in [0.3, 0.4) is 0 Å². The van der Waals surface area contributed by atoms with Gasteiger partial charge in [-0.3, -0.25) is 4.79 Å². The highest BCUT2D eigenvalue weighted by Crippen LogP contribution is 2.12. The molecule has 0 spiro atoms. The minimum absolute atomic E-state index is 0.204. The number of carbonyl (C=O) groups is 1. The molecule has 0 aromatic carbocycles. The maximum atomic E-state index is 12.1. The molecule has 1 aromatic rings. The van der Waals surface area contributed by atoms with Gasteiger partial charge in [-0.05, 0) is 25.8 Å². The van der Waals surface area contributed by atoms with E-state index in [0.717, 1.165) is 18.8 Å². The summed E-state index contributed by atoms with van der Waals surface area (Å²) < 4.78 is 1.95. The van der Waals surface area contributed by atoms with Gasteiger partial charge in [0.25, 0.3) is 0 Å². The molecular formula is C14H24N4O. The van der Waals surface area contributed by atoms with Crippen molar-refractivity contribution in [3.8, 4) is 0 Å². The van der Waals surface area contributed by atoms with Crippen molar-refractivity contribution in [3.05, 3.63) is 18.2 Å². The van der Waals surface area contributed by atoms with Gasteiger partial charge in [0.1, 0.15) is 5.82 Å². The van der Waals surface area contributed by atoms with Crippen LogP contribution in [0, 0.1) is 0 Å². The third-order valence-electron chi connectivity index (χ3n) is 3.84. The van der Waals surface area contributed by atoms with Crippen molar-refractivity contribution in [2.24, 2.45) is 7.05 Å². The van der Waals surface area contributed by atoms with Crippen LogP contribution in [-0.4, -0.2) is 40.0 Å². The molecule has 2 heterocycles. The van der Waals surface area contributed by atoms with Crippen LogP contribution in [0.25, 0.3) is 0 Å². The summed E-state index contributed by atoms with van der Waals surface area (Å²) >= 11 is 0. The summed E-state index contributed by atoms with van der Waals surface area (Å²) in [5, 5.41) is 3.48. The lowest BCUT2D eigenvalue weighted by Crippen LogP contribution is -2.35. The van der Waals surface area contributed by atoms with Crippen LogP contribution in [0.2, 0.25) is 0 Å². The second kappa shape index (κ2) is 6.70. The van der Waals surface area contributed by atoms with E-state index in [0.29, 0.717) is 19.0 Å². The first kappa shape index (κ1) is 14.1. The Kier molecular flexibility index (Phi) is 4.96. The lowest BCUT2D eigenvalue weighted by atomic mass is 10.0. The predicted octanol–water partition coefficient (Wildman–Crippen LogP) is 1.30. The highest BCUT2D eigenvalue weighted by Gasteiger charge is 2.16. The molecule has 1 atom stereocenters. The number of carbonyl (C=O) groups excluding carboxylic acids is 1. The fraction of sp³-hybridized carbons (Fsp3) is 0.714. The van der Waals surface area contributed by atoms with E-state index >= 15 is 0 Å². The second-order valence-electron chi connectivity index (χ2n) is 5.39. The molecule has 1 amide bonds. The summed E-state index contributed by atoms with van der Waals surface area (Å²) in [6.07, 6.45) is 9.00. The first-order valence-corrected chi connectivity index (χ1v) is 7.10.